The van der Waals surface area contributed by atoms with Gasteiger partial charge in [0.1, 0.15) is 10.8 Å². The Morgan fingerprint density at radius 1 is 1.08 bits per heavy atom. The molecule has 1 heterocycles. The number of halogens is 1. The maximum atomic E-state index is 12.8. The Labute approximate surface area is 219 Å². The maximum Gasteiger partial charge on any atom is 0.288 e. The van der Waals surface area contributed by atoms with Crippen molar-refractivity contribution in [2.45, 2.75) is 38.1 Å². The fraction of sp³-hybridized carbons (Fsp3) is 0.276. The van der Waals surface area contributed by atoms with Crippen LogP contribution in [0.1, 0.15) is 52.5 Å². The number of hydrogen-bond donors (Lipinski definition) is 1. The number of nitrogens with one attached hydrogen (secondary N) is 1. The minimum atomic E-state index is -0.591. The highest BCUT2D eigenvalue weighted by Gasteiger charge is 2.21. The zero-order valence-corrected chi connectivity index (χ0v) is 21.0. The van der Waals surface area contributed by atoms with Crippen molar-refractivity contribution >= 4 is 34.0 Å². The number of Topliss-reactive ketones (excluding diaryl/α,β-unsaturated/α-hetero) is 1. The highest BCUT2D eigenvalue weighted by atomic mass is 35.5. The molecule has 37 heavy (non-hydrogen) atoms. The van der Waals surface area contributed by atoms with Crippen molar-refractivity contribution in [3.05, 3.63) is 104 Å². The number of para-hydroxylation sites is 1. The highest BCUT2D eigenvalue weighted by Crippen LogP contribution is 2.36. The van der Waals surface area contributed by atoms with Crippen LogP contribution in [0, 0.1) is 10.1 Å². The van der Waals surface area contributed by atoms with E-state index in [0.717, 1.165) is 47.3 Å². The van der Waals surface area contributed by atoms with Gasteiger partial charge in [0.2, 0.25) is 0 Å². The molecule has 0 saturated heterocycles. The Kier molecular flexibility index (Phi) is 7.53. The van der Waals surface area contributed by atoms with E-state index in [4.69, 9.17) is 20.8 Å². The van der Waals surface area contributed by atoms with E-state index in [1.54, 1.807) is 0 Å². The second kappa shape index (κ2) is 11.2. The smallest absolute Gasteiger partial charge is 0.288 e. The summed E-state index contributed by atoms with van der Waals surface area (Å²) in [5.41, 5.74) is 3.08. The Morgan fingerprint density at radius 3 is 2.70 bits per heavy atom. The van der Waals surface area contributed by atoms with Gasteiger partial charge in [0.05, 0.1) is 18.1 Å². The van der Waals surface area contributed by atoms with E-state index in [9.17, 15) is 14.9 Å². The normalized spacial score (nSPS) is 13.8. The molecule has 0 bridgehead atoms. The number of furan rings is 1. The van der Waals surface area contributed by atoms with E-state index in [1.807, 2.05) is 42.5 Å². The fourth-order valence-electron chi connectivity index (χ4n) is 4.87. The molecule has 0 amide bonds. The van der Waals surface area contributed by atoms with E-state index in [1.165, 1.54) is 30.2 Å². The van der Waals surface area contributed by atoms with Crippen molar-refractivity contribution in [1.29, 1.82) is 0 Å². The van der Waals surface area contributed by atoms with Gasteiger partial charge < -0.3 is 14.5 Å². The molecule has 0 radical (unpaired) electrons. The molecule has 1 N–H and O–H groups in total. The second-order valence-electron chi connectivity index (χ2n) is 9.17. The maximum absolute atomic E-state index is 12.8. The number of nitro groups is 1. The number of carbonyl (C=O) groups is 1. The van der Waals surface area contributed by atoms with Crippen molar-refractivity contribution < 1.29 is 18.9 Å². The van der Waals surface area contributed by atoms with Crippen LogP contribution >= 0.6 is 11.6 Å². The average molecular weight is 519 g/mol. The van der Waals surface area contributed by atoms with Gasteiger partial charge in [0, 0.05) is 41.5 Å². The lowest BCUT2D eigenvalue weighted by Crippen LogP contribution is -2.29. The number of benzene rings is 3. The van der Waals surface area contributed by atoms with Crippen LogP contribution in [0.5, 0.6) is 5.75 Å². The quantitative estimate of drug-likeness (QED) is 0.140. The van der Waals surface area contributed by atoms with Crippen molar-refractivity contribution in [1.82, 2.24) is 5.32 Å². The third kappa shape index (κ3) is 5.53. The summed E-state index contributed by atoms with van der Waals surface area (Å²) < 4.78 is 12.4. The summed E-state index contributed by atoms with van der Waals surface area (Å²) in [4.78, 5) is 23.4. The van der Waals surface area contributed by atoms with Crippen molar-refractivity contribution in [3.8, 4) is 5.75 Å². The minimum absolute atomic E-state index is 0.00116. The zero-order valence-electron chi connectivity index (χ0n) is 20.2. The van der Waals surface area contributed by atoms with Gasteiger partial charge in [0.25, 0.3) is 5.69 Å². The largest absolute Gasteiger partial charge is 0.490 e. The monoisotopic (exact) mass is 518 g/mol. The van der Waals surface area contributed by atoms with Crippen molar-refractivity contribution in [2.75, 3.05) is 13.2 Å². The van der Waals surface area contributed by atoms with Crippen LogP contribution in [0.15, 0.2) is 71.1 Å². The van der Waals surface area contributed by atoms with E-state index in [0.29, 0.717) is 13.0 Å². The topological polar surface area (TPSA) is 94.6 Å². The lowest BCUT2D eigenvalue weighted by Gasteiger charge is -2.19. The van der Waals surface area contributed by atoms with Crippen LogP contribution in [0.3, 0.4) is 0 Å². The predicted molar refractivity (Wildman–Crippen MR) is 143 cm³/mol. The molecule has 0 fully saturated rings. The summed E-state index contributed by atoms with van der Waals surface area (Å²) in [7, 11) is 0. The van der Waals surface area contributed by atoms with Gasteiger partial charge in [-0.3, -0.25) is 14.9 Å². The number of nitrogens with zero attached hydrogens (tertiary/aromatic N) is 1. The summed E-state index contributed by atoms with van der Waals surface area (Å²) in [6, 6.07) is 19.8. The number of ether oxygens (including phenoxy) is 1. The molecule has 1 aromatic heterocycles. The molecule has 1 aliphatic carbocycles. The van der Waals surface area contributed by atoms with Crippen LogP contribution in [0.25, 0.3) is 11.0 Å². The molecule has 0 aliphatic heterocycles. The first-order valence-electron chi connectivity index (χ1n) is 12.4. The van der Waals surface area contributed by atoms with E-state index in [2.05, 4.69) is 11.4 Å². The van der Waals surface area contributed by atoms with Crippen LogP contribution < -0.4 is 10.1 Å². The van der Waals surface area contributed by atoms with Gasteiger partial charge in [-0.1, -0.05) is 54.1 Å². The van der Waals surface area contributed by atoms with Gasteiger partial charge in [-0.2, -0.15) is 0 Å². The first-order valence-corrected chi connectivity index (χ1v) is 12.8. The minimum Gasteiger partial charge on any atom is -0.490 e. The summed E-state index contributed by atoms with van der Waals surface area (Å²) in [5, 5.41) is 15.6. The standard InChI is InChI=1S/C29H27ClN2O5/c30-23-14-13-20(17-25(23)32(34)35)26(33)18-31-24(19-7-2-1-3-8-19)15-16-36-28-12-6-10-22-21-9-4-5-11-27(21)37-29(22)28/h1-3,6-8,10,12-14,17,24,31H,4-5,9,11,15-16,18H2. The molecule has 3 aromatic carbocycles. The zero-order chi connectivity index (χ0) is 25.8. The molecule has 1 aliphatic rings. The number of aryl methyl sites for hydroxylation is 2. The van der Waals surface area contributed by atoms with E-state index in [-0.39, 0.29) is 34.6 Å². The Bertz CT molecular complexity index is 1430. The molecule has 4 aromatic rings. The van der Waals surface area contributed by atoms with E-state index >= 15 is 0 Å². The Balaban J connectivity index is 1.27. The molecule has 1 unspecified atom stereocenters. The molecule has 0 spiro atoms. The van der Waals surface area contributed by atoms with Crippen LogP contribution in [0.2, 0.25) is 5.02 Å². The second-order valence-corrected chi connectivity index (χ2v) is 9.58. The fourth-order valence-corrected chi connectivity index (χ4v) is 5.06. The van der Waals surface area contributed by atoms with E-state index < -0.39 is 4.92 Å². The molecular formula is C29H27ClN2O5. The van der Waals surface area contributed by atoms with Gasteiger partial charge in [0.15, 0.2) is 17.1 Å². The molecule has 5 rings (SSSR count). The third-order valence-corrected chi connectivity index (χ3v) is 7.11. The molecular weight excluding hydrogens is 492 g/mol. The number of rotatable bonds is 10. The van der Waals surface area contributed by atoms with Crippen LogP contribution in [-0.2, 0) is 12.8 Å². The molecule has 7 nitrogen and oxygen atoms in total. The molecule has 190 valence electrons. The first kappa shape index (κ1) is 25.0. The van der Waals surface area contributed by atoms with Gasteiger partial charge in [-0.25, -0.2) is 0 Å². The third-order valence-electron chi connectivity index (χ3n) is 6.79. The number of fused-ring (bicyclic) bond motifs is 3. The summed E-state index contributed by atoms with van der Waals surface area (Å²) in [6.07, 6.45) is 4.94. The Hall–Kier alpha value is -3.68. The number of carbonyl (C=O) groups excluding carboxylic acids is 1. The number of ketones is 1. The lowest BCUT2D eigenvalue weighted by molar-refractivity contribution is -0.384. The SMILES string of the molecule is O=C(CNC(CCOc1cccc2c3c(oc12)CCCC3)c1ccccc1)c1ccc(Cl)c([N+](=O)[O-])c1. The Morgan fingerprint density at radius 2 is 1.89 bits per heavy atom. The highest BCUT2D eigenvalue weighted by molar-refractivity contribution is 6.32. The number of nitro benzene ring substituents is 1. The van der Waals surface area contributed by atoms with Crippen molar-refractivity contribution in [2.24, 2.45) is 0 Å². The van der Waals surface area contributed by atoms with Crippen molar-refractivity contribution in [3.63, 3.8) is 0 Å². The molecule has 0 saturated carbocycles. The lowest BCUT2D eigenvalue weighted by atomic mass is 9.96. The predicted octanol–water partition coefficient (Wildman–Crippen LogP) is 6.86. The average Bonchev–Trinajstić information content (AvgIpc) is 3.30. The molecule has 1 atom stereocenters. The van der Waals surface area contributed by atoms with Gasteiger partial charge in [-0.15, -0.1) is 0 Å². The summed E-state index contributed by atoms with van der Waals surface area (Å²) in [6.45, 7) is 0.427. The molecule has 8 heteroatoms. The number of hydrogen-bond acceptors (Lipinski definition) is 6. The van der Waals surface area contributed by atoms with Gasteiger partial charge >= 0.3 is 0 Å². The summed E-state index contributed by atoms with van der Waals surface area (Å²) >= 11 is 5.89. The van der Waals surface area contributed by atoms with Gasteiger partial charge in [-0.05, 0) is 43.0 Å². The van der Waals surface area contributed by atoms with Crippen LogP contribution in [0.4, 0.5) is 5.69 Å². The summed E-state index contributed by atoms with van der Waals surface area (Å²) in [5.74, 6) is 1.54. The first-order chi connectivity index (χ1) is 18.0. The van der Waals surface area contributed by atoms with Crippen LogP contribution in [-0.4, -0.2) is 23.9 Å².